The van der Waals surface area contributed by atoms with Crippen LogP contribution in [0.3, 0.4) is 0 Å². The average molecular weight is 435 g/mol. The monoisotopic (exact) mass is 435 g/mol. The van der Waals surface area contributed by atoms with Crippen molar-refractivity contribution in [3.05, 3.63) is 48.7 Å². The molecule has 0 saturated carbocycles. The van der Waals surface area contributed by atoms with Gasteiger partial charge in [-0.15, -0.1) is 5.10 Å². The predicted octanol–water partition coefficient (Wildman–Crippen LogP) is 2.43. The zero-order valence-corrected chi connectivity index (χ0v) is 17.4. The standard InChI is InChI=1S/C22H22FN7O2/c23-22(13-32-14-22)12-26-21-25-9-17-16(5-8-30(17)27-21)15-3-4-19-24-10-18(29(19)11-15)20(31)28-6-1-2-7-28/h3-5,8-11H,1-2,6-7,12-14H2,(H,26,27). The Morgan fingerprint density at radius 1 is 1.16 bits per heavy atom. The van der Waals surface area contributed by atoms with Gasteiger partial charge in [-0.1, -0.05) is 0 Å². The Labute approximate surface area is 182 Å². The molecule has 0 aromatic carbocycles. The van der Waals surface area contributed by atoms with Crippen molar-refractivity contribution in [3.63, 3.8) is 0 Å². The van der Waals surface area contributed by atoms with Gasteiger partial charge in [-0.2, -0.15) is 0 Å². The molecule has 4 aromatic heterocycles. The maximum absolute atomic E-state index is 14.1. The van der Waals surface area contributed by atoms with Crippen LogP contribution in [0.15, 0.2) is 43.0 Å². The van der Waals surface area contributed by atoms with E-state index in [1.165, 1.54) is 0 Å². The minimum atomic E-state index is -1.36. The molecule has 0 unspecified atom stereocenters. The number of pyridine rings is 1. The summed E-state index contributed by atoms with van der Waals surface area (Å²) in [6.45, 7) is 1.88. The topological polar surface area (TPSA) is 89.1 Å². The first-order chi connectivity index (χ1) is 15.6. The summed E-state index contributed by atoms with van der Waals surface area (Å²) < 4.78 is 22.6. The Hall–Kier alpha value is -3.53. The molecule has 10 heteroatoms. The fraction of sp³-hybridized carbons (Fsp3) is 0.364. The third kappa shape index (κ3) is 3.18. The number of fused-ring (bicyclic) bond motifs is 2. The molecule has 0 bridgehead atoms. The SMILES string of the molecule is O=C(c1cnc2ccc(-c3ccn4nc(NCC5(F)COC5)ncc34)cn12)N1CCCC1. The van der Waals surface area contributed by atoms with Gasteiger partial charge in [-0.25, -0.2) is 18.9 Å². The third-order valence-electron chi connectivity index (χ3n) is 6.13. The maximum atomic E-state index is 14.1. The van der Waals surface area contributed by atoms with Crippen LogP contribution in [0.5, 0.6) is 0 Å². The first kappa shape index (κ1) is 19.2. The second kappa shape index (κ2) is 7.27. The number of ether oxygens (including phenoxy) is 1. The molecule has 2 aliphatic heterocycles. The van der Waals surface area contributed by atoms with Gasteiger partial charge in [0.2, 0.25) is 5.95 Å². The summed E-state index contributed by atoms with van der Waals surface area (Å²) in [5.41, 5.74) is 2.60. The summed E-state index contributed by atoms with van der Waals surface area (Å²) in [7, 11) is 0. The molecule has 4 aromatic rings. The Kier molecular flexibility index (Phi) is 4.35. The van der Waals surface area contributed by atoms with Crippen molar-refractivity contribution in [2.75, 3.05) is 38.2 Å². The highest BCUT2D eigenvalue weighted by Crippen LogP contribution is 2.27. The molecular formula is C22H22FN7O2. The average Bonchev–Trinajstić information content (AvgIpc) is 3.54. The minimum absolute atomic E-state index is 0.00966. The maximum Gasteiger partial charge on any atom is 0.272 e. The minimum Gasteiger partial charge on any atom is -0.374 e. The highest BCUT2D eigenvalue weighted by molar-refractivity contribution is 5.93. The molecule has 9 nitrogen and oxygen atoms in total. The number of halogens is 1. The van der Waals surface area contributed by atoms with Crippen molar-refractivity contribution in [1.82, 2.24) is 28.9 Å². The second-order valence-electron chi connectivity index (χ2n) is 8.43. The summed E-state index contributed by atoms with van der Waals surface area (Å²) in [5.74, 6) is 0.363. The van der Waals surface area contributed by atoms with Gasteiger partial charge >= 0.3 is 0 Å². The molecule has 0 aliphatic carbocycles. The van der Waals surface area contributed by atoms with E-state index in [4.69, 9.17) is 4.74 Å². The lowest BCUT2D eigenvalue weighted by Gasteiger charge is -2.33. The Morgan fingerprint density at radius 2 is 2.00 bits per heavy atom. The Balaban J connectivity index is 1.31. The van der Waals surface area contributed by atoms with Gasteiger partial charge in [0.15, 0.2) is 5.67 Å². The number of carbonyl (C=O) groups is 1. The van der Waals surface area contributed by atoms with Crippen LogP contribution in [0.25, 0.3) is 22.3 Å². The van der Waals surface area contributed by atoms with Crippen molar-refractivity contribution < 1.29 is 13.9 Å². The van der Waals surface area contributed by atoms with Crippen LogP contribution in [0.1, 0.15) is 23.3 Å². The molecule has 0 atom stereocenters. The van der Waals surface area contributed by atoms with E-state index in [1.54, 1.807) is 16.9 Å². The lowest BCUT2D eigenvalue weighted by molar-refractivity contribution is -0.121. The van der Waals surface area contributed by atoms with Crippen LogP contribution in [0, 0.1) is 0 Å². The van der Waals surface area contributed by atoms with Crippen LogP contribution < -0.4 is 5.32 Å². The largest absolute Gasteiger partial charge is 0.374 e. The molecule has 2 fully saturated rings. The highest BCUT2D eigenvalue weighted by atomic mass is 19.1. The number of hydrogen-bond donors (Lipinski definition) is 1. The second-order valence-corrected chi connectivity index (χ2v) is 8.43. The van der Waals surface area contributed by atoms with E-state index in [0.717, 1.165) is 48.2 Å². The fourth-order valence-corrected chi connectivity index (χ4v) is 4.27. The van der Waals surface area contributed by atoms with Crippen molar-refractivity contribution in [1.29, 1.82) is 0 Å². The molecule has 2 aliphatic rings. The third-order valence-corrected chi connectivity index (χ3v) is 6.13. The normalized spacial score (nSPS) is 17.7. The molecule has 6 rings (SSSR count). The van der Waals surface area contributed by atoms with Gasteiger partial charge in [-0.05, 0) is 31.0 Å². The van der Waals surface area contributed by atoms with Crippen molar-refractivity contribution >= 4 is 23.0 Å². The van der Waals surface area contributed by atoms with Crippen molar-refractivity contribution in [2.45, 2.75) is 18.5 Å². The first-order valence-corrected chi connectivity index (χ1v) is 10.7. The smallest absolute Gasteiger partial charge is 0.272 e. The summed E-state index contributed by atoms with van der Waals surface area (Å²) >= 11 is 0. The fourth-order valence-electron chi connectivity index (χ4n) is 4.27. The summed E-state index contributed by atoms with van der Waals surface area (Å²) in [5, 5.41) is 7.38. The number of nitrogens with one attached hydrogen (secondary N) is 1. The Morgan fingerprint density at radius 3 is 2.78 bits per heavy atom. The van der Waals surface area contributed by atoms with Gasteiger partial charge in [0.05, 0.1) is 37.7 Å². The van der Waals surface area contributed by atoms with Crippen LogP contribution >= 0.6 is 0 Å². The molecule has 32 heavy (non-hydrogen) atoms. The lowest BCUT2D eigenvalue weighted by Crippen LogP contribution is -2.50. The van der Waals surface area contributed by atoms with E-state index in [1.807, 2.05) is 39.9 Å². The van der Waals surface area contributed by atoms with Gasteiger partial charge in [0.1, 0.15) is 11.3 Å². The number of likely N-dealkylation sites (tertiary alicyclic amines) is 1. The van der Waals surface area contributed by atoms with E-state index < -0.39 is 5.67 Å². The number of amides is 1. The highest BCUT2D eigenvalue weighted by Gasteiger charge is 2.38. The van der Waals surface area contributed by atoms with Gasteiger partial charge < -0.3 is 15.0 Å². The van der Waals surface area contributed by atoms with Crippen molar-refractivity contribution in [3.8, 4) is 11.1 Å². The molecule has 0 spiro atoms. The quantitative estimate of drug-likeness (QED) is 0.518. The zero-order valence-electron chi connectivity index (χ0n) is 17.4. The van der Waals surface area contributed by atoms with E-state index in [-0.39, 0.29) is 25.7 Å². The summed E-state index contributed by atoms with van der Waals surface area (Å²) in [6, 6.07) is 5.82. The molecular weight excluding hydrogens is 413 g/mol. The van der Waals surface area contributed by atoms with Crippen LogP contribution in [0.2, 0.25) is 0 Å². The van der Waals surface area contributed by atoms with Gasteiger partial charge in [0, 0.05) is 36.6 Å². The number of imidazole rings is 1. The number of hydrogen-bond acceptors (Lipinski definition) is 6. The van der Waals surface area contributed by atoms with E-state index in [2.05, 4.69) is 20.4 Å². The Bertz CT molecular complexity index is 1320. The summed E-state index contributed by atoms with van der Waals surface area (Å²) in [4.78, 5) is 23.5. The number of nitrogens with zero attached hydrogens (tertiary/aromatic N) is 6. The van der Waals surface area contributed by atoms with E-state index >= 15 is 0 Å². The van der Waals surface area contributed by atoms with Crippen LogP contribution in [-0.4, -0.2) is 73.3 Å². The van der Waals surface area contributed by atoms with E-state index in [9.17, 15) is 9.18 Å². The molecule has 6 heterocycles. The molecule has 1 amide bonds. The molecule has 0 radical (unpaired) electrons. The van der Waals surface area contributed by atoms with Gasteiger partial charge in [-0.3, -0.25) is 9.20 Å². The molecule has 2 saturated heterocycles. The van der Waals surface area contributed by atoms with Crippen LogP contribution in [-0.2, 0) is 4.74 Å². The summed E-state index contributed by atoms with van der Waals surface area (Å²) in [6.07, 6.45) is 9.20. The molecule has 164 valence electrons. The number of anilines is 1. The first-order valence-electron chi connectivity index (χ1n) is 10.7. The molecule has 1 N–H and O–H groups in total. The van der Waals surface area contributed by atoms with Crippen molar-refractivity contribution in [2.24, 2.45) is 0 Å². The number of rotatable bonds is 5. The lowest BCUT2D eigenvalue weighted by atomic mass is 10.1. The van der Waals surface area contributed by atoms with Crippen LogP contribution in [0.4, 0.5) is 10.3 Å². The van der Waals surface area contributed by atoms with E-state index in [0.29, 0.717) is 11.6 Å². The van der Waals surface area contributed by atoms with Gasteiger partial charge in [0.25, 0.3) is 5.91 Å². The number of carbonyl (C=O) groups excluding carboxylic acids is 1. The predicted molar refractivity (Wildman–Crippen MR) is 115 cm³/mol. The zero-order chi connectivity index (χ0) is 21.7. The number of alkyl halides is 1. The number of aromatic nitrogens is 5.